The van der Waals surface area contributed by atoms with Crippen molar-refractivity contribution in [3.63, 3.8) is 0 Å². The third-order valence-corrected chi connectivity index (χ3v) is 2.88. The summed E-state index contributed by atoms with van der Waals surface area (Å²) >= 11 is 0. The van der Waals surface area contributed by atoms with Crippen molar-refractivity contribution in [2.75, 3.05) is 20.3 Å². The number of nitrogens with zero attached hydrogens (tertiary/aromatic N) is 1. The number of hydrogen-bond donors (Lipinski definition) is 2. The Bertz CT molecular complexity index is 251. The molecule has 1 fully saturated rings. The van der Waals surface area contributed by atoms with Crippen molar-refractivity contribution in [2.24, 2.45) is 16.1 Å². The maximum atomic E-state index is 5.83. The summed E-state index contributed by atoms with van der Waals surface area (Å²) in [7, 11) is 1.74. The molecule has 0 radical (unpaired) electrons. The molecule has 0 aromatic carbocycles. The first-order chi connectivity index (χ1) is 7.37. The minimum Gasteiger partial charge on any atom is -0.385 e. The van der Waals surface area contributed by atoms with Gasteiger partial charge >= 0.3 is 0 Å². The van der Waals surface area contributed by atoms with Crippen LogP contribution in [-0.4, -0.2) is 31.8 Å². The molecule has 4 nitrogen and oxygen atoms in total. The molecule has 0 amide bonds. The summed E-state index contributed by atoms with van der Waals surface area (Å²) in [5.74, 6) is 0.552. The van der Waals surface area contributed by atoms with Gasteiger partial charge in [0.2, 0.25) is 0 Å². The molecule has 0 spiro atoms. The van der Waals surface area contributed by atoms with Crippen LogP contribution in [0.15, 0.2) is 4.99 Å². The molecule has 0 atom stereocenters. The van der Waals surface area contributed by atoms with Crippen LogP contribution < -0.4 is 11.1 Å². The molecule has 0 heterocycles. The van der Waals surface area contributed by atoms with E-state index in [-0.39, 0.29) is 5.54 Å². The van der Waals surface area contributed by atoms with Crippen molar-refractivity contribution in [2.45, 2.75) is 45.6 Å². The normalized spacial score (nSPS) is 19.6. The molecule has 4 heteroatoms. The predicted molar refractivity (Wildman–Crippen MR) is 67.5 cm³/mol. The van der Waals surface area contributed by atoms with E-state index in [4.69, 9.17) is 10.5 Å². The summed E-state index contributed by atoms with van der Waals surface area (Å²) in [6, 6.07) is 0. The van der Waals surface area contributed by atoms with Gasteiger partial charge in [0.1, 0.15) is 0 Å². The molecule has 0 aromatic rings. The fourth-order valence-corrected chi connectivity index (χ4v) is 1.66. The van der Waals surface area contributed by atoms with Crippen molar-refractivity contribution >= 4 is 5.96 Å². The van der Waals surface area contributed by atoms with E-state index in [2.05, 4.69) is 31.1 Å². The van der Waals surface area contributed by atoms with Crippen molar-refractivity contribution in [3.8, 4) is 0 Å². The van der Waals surface area contributed by atoms with E-state index >= 15 is 0 Å². The lowest BCUT2D eigenvalue weighted by atomic mass is 10.0. The first-order valence-electron chi connectivity index (χ1n) is 5.94. The molecule has 1 saturated carbocycles. The second-order valence-corrected chi connectivity index (χ2v) is 5.82. The van der Waals surface area contributed by atoms with Crippen LogP contribution in [0.3, 0.4) is 0 Å². The molecular weight excluding hydrogens is 202 g/mol. The Balaban J connectivity index is 2.35. The van der Waals surface area contributed by atoms with E-state index < -0.39 is 0 Å². The van der Waals surface area contributed by atoms with E-state index in [1.165, 1.54) is 12.8 Å². The molecule has 3 N–H and O–H groups in total. The fraction of sp³-hybridized carbons (Fsp3) is 0.917. The van der Waals surface area contributed by atoms with E-state index in [1.54, 1.807) is 7.11 Å². The molecule has 0 saturated heterocycles. The van der Waals surface area contributed by atoms with Gasteiger partial charge in [-0.1, -0.05) is 0 Å². The third-order valence-electron chi connectivity index (χ3n) is 2.88. The number of nitrogens with one attached hydrogen (secondary N) is 1. The SMILES string of the molecule is COCCC1(CN=C(N)NC(C)(C)C)CC1. The number of ether oxygens (including phenoxy) is 1. The van der Waals surface area contributed by atoms with Crippen LogP contribution in [0.25, 0.3) is 0 Å². The molecule has 16 heavy (non-hydrogen) atoms. The molecule has 1 aliphatic rings. The van der Waals surface area contributed by atoms with E-state index in [0.29, 0.717) is 11.4 Å². The first-order valence-corrected chi connectivity index (χ1v) is 5.94. The largest absolute Gasteiger partial charge is 0.385 e. The summed E-state index contributed by atoms with van der Waals surface area (Å²) < 4.78 is 5.11. The number of aliphatic imine (C=N–C) groups is 1. The highest BCUT2D eigenvalue weighted by Crippen LogP contribution is 2.48. The second kappa shape index (κ2) is 5.04. The minimum absolute atomic E-state index is 0.0170. The molecule has 1 rings (SSSR count). The van der Waals surface area contributed by atoms with Crippen molar-refractivity contribution < 1.29 is 4.74 Å². The zero-order chi connectivity index (χ0) is 12.2. The summed E-state index contributed by atoms with van der Waals surface area (Å²) in [4.78, 5) is 4.42. The highest BCUT2D eigenvalue weighted by Gasteiger charge is 2.41. The Labute approximate surface area is 98.6 Å². The molecule has 94 valence electrons. The van der Waals surface area contributed by atoms with Crippen LogP contribution in [0.2, 0.25) is 0 Å². The van der Waals surface area contributed by atoms with Gasteiger partial charge in [-0.25, -0.2) is 0 Å². The van der Waals surface area contributed by atoms with Gasteiger partial charge in [-0.3, -0.25) is 4.99 Å². The van der Waals surface area contributed by atoms with E-state index in [9.17, 15) is 0 Å². The first kappa shape index (κ1) is 13.3. The summed E-state index contributed by atoms with van der Waals surface area (Å²) in [6.45, 7) is 7.88. The highest BCUT2D eigenvalue weighted by molar-refractivity contribution is 5.78. The lowest BCUT2D eigenvalue weighted by Crippen LogP contribution is -2.45. The average molecular weight is 227 g/mol. The maximum Gasteiger partial charge on any atom is 0.189 e. The number of rotatable bonds is 5. The third kappa shape index (κ3) is 4.84. The zero-order valence-electron chi connectivity index (χ0n) is 11.0. The lowest BCUT2D eigenvalue weighted by Gasteiger charge is -2.21. The number of nitrogens with two attached hydrogens (primary N) is 1. The van der Waals surface area contributed by atoms with Crippen LogP contribution in [0.5, 0.6) is 0 Å². The number of guanidine groups is 1. The second-order valence-electron chi connectivity index (χ2n) is 5.82. The van der Waals surface area contributed by atoms with Crippen molar-refractivity contribution in [1.82, 2.24) is 5.32 Å². The molecule has 0 bridgehead atoms. The topological polar surface area (TPSA) is 59.6 Å². The van der Waals surface area contributed by atoms with Crippen LogP contribution in [0, 0.1) is 5.41 Å². The number of methoxy groups -OCH3 is 1. The standard InChI is InChI=1S/C12H25N3O/c1-11(2,3)15-10(13)14-9-12(5-6-12)7-8-16-4/h5-9H2,1-4H3,(H3,13,14,15). The van der Waals surface area contributed by atoms with E-state index in [1.807, 2.05) is 0 Å². The van der Waals surface area contributed by atoms with Gasteiger partial charge in [-0.15, -0.1) is 0 Å². The Morgan fingerprint density at radius 2 is 2.06 bits per heavy atom. The van der Waals surface area contributed by atoms with Gasteiger partial charge in [-0.2, -0.15) is 0 Å². The summed E-state index contributed by atoms with van der Waals surface area (Å²) in [6.07, 6.45) is 3.60. The van der Waals surface area contributed by atoms with Gasteiger partial charge in [0.15, 0.2) is 5.96 Å². The molecule has 1 aliphatic carbocycles. The summed E-state index contributed by atoms with van der Waals surface area (Å²) in [5.41, 5.74) is 6.19. The minimum atomic E-state index is -0.0170. The maximum absolute atomic E-state index is 5.83. The van der Waals surface area contributed by atoms with Gasteiger partial charge < -0.3 is 15.8 Å². The zero-order valence-corrected chi connectivity index (χ0v) is 11.0. The number of hydrogen-bond acceptors (Lipinski definition) is 2. The highest BCUT2D eigenvalue weighted by atomic mass is 16.5. The van der Waals surface area contributed by atoms with Gasteiger partial charge in [0, 0.05) is 25.8 Å². The van der Waals surface area contributed by atoms with Crippen LogP contribution in [-0.2, 0) is 4.74 Å². The van der Waals surface area contributed by atoms with Gasteiger partial charge in [0.05, 0.1) is 0 Å². The van der Waals surface area contributed by atoms with Crippen LogP contribution >= 0.6 is 0 Å². The van der Waals surface area contributed by atoms with E-state index in [0.717, 1.165) is 19.6 Å². The van der Waals surface area contributed by atoms with Crippen molar-refractivity contribution in [3.05, 3.63) is 0 Å². The molecule has 0 aromatic heterocycles. The summed E-state index contributed by atoms with van der Waals surface area (Å²) in [5, 5.41) is 3.17. The Kier molecular flexibility index (Phi) is 4.19. The monoisotopic (exact) mass is 227 g/mol. The molecular formula is C12H25N3O. The van der Waals surface area contributed by atoms with Crippen LogP contribution in [0.1, 0.15) is 40.0 Å². The van der Waals surface area contributed by atoms with Crippen LogP contribution in [0.4, 0.5) is 0 Å². The predicted octanol–water partition coefficient (Wildman–Crippen LogP) is 1.51. The van der Waals surface area contributed by atoms with Gasteiger partial charge in [0.25, 0.3) is 0 Å². The average Bonchev–Trinajstić information content (AvgIpc) is 2.90. The lowest BCUT2D eigenvalue weighted by molar-refractivity contribution is 0.174. The molecule has 0 unspecified atom stereocenters. The van der Waals surface area contributed by atoms with Gasteiger partial charge in [-0.05, 0) is 45.4 Å². The Hall–Kier alpha value is -0.770. The smallest absolute Gasteiger partial charge is 0.189 e. The molecule has 0 aliphatic heterocycles. The van der Waals surface area contributed by atoms with Crippen molar-refractivity contribution in [1.29, 1.82) is 0 Å². The Morgan fingerprint density at radius 3 is 2.50 bits per heavy atom. The fourth-order valence-electron chi connectivity index (χ4n) is 1.66. The Morgan fingerprint density at radius 1 is 1.44 bits per heavy atom. The quantitative estimate of drug-likeness (QED) is 0.553.